The Bertz CT molecular complexity index is 1260. The molecular weight excluding hydrogens is 507 g/mol. The number of rotatable bonds is 9. The second kappa shape index (κ2) is 11.0. The predicted molar refractivity (Wildman–Crippen MR) is 136 cm³/mol. The van der Waals surface area contributed by atoms with E-state index in [0.717, 1.165) is 47.4 Å². The molecule has 2 fully saturated rings. The van der Waals surface area contributed by atoms with E-state index in [2.05, 4.69) is 16.6 Å². The molecule has 4 rings (SSSR count). The molecule has 0 spiro atoms. The van der Waals surface area contributed by atoms with Gasteiger partial charge < -0.3 is 5.32 Å². The van der Waals surface area contributed by atoms with E-state index in [1.165, 1.54) is 18.2 Å². The topological polar surface area (TPSA) is 98.6 Å². The van der Waals surface area contributed by atoms with Crippen molar-refractivity contribution in [2.45, 2.75) is 44.2 Å². The highest BCUT2D eigenvalue weighted by molar-refractivity contribution is 7.87. The largest absolute Gasteiger partial charge is 0.351 e. The van der Waals surface area contributed by atoms with E-state index in [9.17, 15) is 22.4 Å². The van der Waals surface area contributed by atoms with E-state index in [0.29, 0.717) is 18.7 Å². The number of amides is 2. The predicted octanol–water partition coefficient (Wildman–Crippen LogP) is 3.67. The average Bonchev–Trinajstić information content (AvgIpc) is 3.69. The molecule has 0 bridgehead atoms. The highest BCUT2D eigenvalue weighted by Gasteiger charge is 2.38. The monoisotopic (exact) mass is 534 g/mol. The maximum absolute atomic E-state index is 14.3. The van der Waals surface area contributed by atoms with Gasteiger partial charge in [0.05, 0.1) is 0 Å². The lowest BCUT2D eigenvalue weighted by Crippen LogP contribution is -2.49. The molecule has 1 aliphatic heterocycles. The second-order valence-electron chi connectivity index (χ2n) is 8.91. The average molecular weight is 535 g/mol. The summed E-state index contributed by atoms with van der Waals surface area (Å²) in [7, 11) is -3.96. The van der Waals surface area contributed by atoms with Crippen LogP contribution in [-0.4, -0.2) is 43.7 Å². The molecular formula is C25H28ClFN4O4S. The number of hydrogen-bond acceptors (Lipinski definition) is 4. The van der Waals surface area contributed by atoms with Gasteiger partial charge in [0.2, 0.25) is 5.91 Å². The van der Waals surface area contributed by atoms with Crippen LogP contribution < -0.4 is 14.9 Å². The molecule has 2 aliphatic rings. The lowest BCUT2D eigenvalue weighted by molar-refractivity contribution is -0.126. The van der Waals surface area contributed by atoms with Crippen LogP contribution in [-0.2, 0) is 19.8 Å². The van der Waals surface area contributed by atoms with Gasteiger partial charge in [0.1, 0.15) is 17.6 Å². The van der Waals surface area contributed by atoms with Crippen molar-refractivity contribution < 1.29 is 22.4 Å². The minimum Gasteiger partial charge on any atom is -0.351 e. The SMILES string of the molecule is C=C(NS(=O)(=O)N1CC1)C(=O)N(c1cccc(F)c1)[C@@H](C(=O)NC1CCCCC1)c1ccccc1Cl. The van der Waals surface area contributed by atoms with Crippen molar-refractivity contribution in [2.24, 2.45) is 0 Å². The zero-order valence-corrected chi connectivity index (χ0v) is 21.2. The molecule has 2 N–H and O–H groups in total. The van der Waals surface area contributed by atoms with E-state index in [1.807, 2.05) is 0 Å². The lowest BCUT2D eigenvalue weighted by atomic mass is 9.94. The fourth-order valence-electron chi connectivity index (χ4n) is 4.32. The molecule has 1 saturated carbocycles. The van der Waals surface area contributed by atoms with Gasteiger partial charge in [0, 0.05) is 35.4 Å². The van der Waals surface area contributed by atoms with Gasteiger partial charge >= 0.3 is 10.2 Å². The zero-order valence-electron chi connectivity index (χ0n) is 19.6. The van der Waals surface area contributed by atoms with Crippen molar-refractivity contribution >= 4 is 39.3 Å². The third-order valence-electron chi connectivity index (χ3n) is 6.22. The molecule has 2 aromatic rings. The van der Waals surface area contributed by atoms with Gasteiger partial charge in [-0.2, -0.15) is 12.7 Å². The van der Waals surface area contributed by atoms with Crippen LogP contribution >= 0.6 is 11.6 Å². The molecule has 0 aromatic heterocycles. The summed E-state index contributed by atoms with van der Waals surface area (Å²) in [5.41, 5.74) is -0.115. The number of nitrogens with one attached hydrogen (secondary N) is 2. The molecule has 0 radical (unpaired) electrons. The minimum atomic E-state index is -3.96. The van der Waals surface area contributed by atoms with Crippen molar-refractivity contribution in [3.8, 4) is 0 Å². The molecule has 1 saturated heterocycles. The van der Waals surface area contributed by atoms with Crippen LogP contribution in [0.25, 0.3) is 0 Å². The Hall–Kier alpha value is -2.95. The summed E-state index contributed by atoms with van der Waals surface area (Å²) in [5.74, 6) is -2.05. The summed E-state index contributed by atoms with van der Waals surface area (Å²) >= 11 is 6.48. The fourth-order valence-corrected chi connectivity index (χ4v) is 5.65. The first-order chi connectivity index (χ1) is 17.2. The molecule has 2 aromatic carbocycles. The van der Waals surface area contributed by atoms with Crippen molar-refractivity contribution in [3.05, 3.63) is 77.2 Å². The Labute approximate surface area is 215 Å². The van der Waals surface area contributed by atoms with E-state index >= 15 is 0 Å². The molecule has 2 amide bonds. The van der Waals surface area contributed by atoms with Gasteiger partial charge in [-0.05, 0) is 37.1 Å². The van der Waals surface area contributed by atoms with E-state index < -0.39 is 39.6 Å². The Kier molecular flexibility index (Phi) is 7.97. The van der Waals surface area contributed by atoms with E-state index in [4.69, 9.17) is 11.6 Å². The fraction of sp³-hybridized carbons (Fsp3) is 0.360. The smallest absolute Gasteiger partial charge is 0.301 e. The van der Waals surface area contributed by atoms with Gasteiger partial charge in [-0.25, -0.2) is 4.39 Å². The van der Waals surface area contributed by atoms with Crippen LogP contribution in [0.3, 0.4) is 0 Å². The Balaban J connectivity index is 1.76. The normalized spacial score (nSPS) is 17.2. The molecule has 1 aliphatic carbocycles. The minimum absolute atomic E-state index is 0.0517. The van der Waals surface area contributed by atoms with Crippen LogP contribution in [0.4, 0.5) is 10.1 Å². The molecule has 192 valence electrons. The Morgan fingerprint density at radius 2 is 1.78 bits per heavy atom. The Morgan fingerprint density at radius 3 is 2.42 bits per heavy atom. The Morgan fingerprint density at radius 1 is 1.08 bits per heavy atom. The van der Waals surface area contributed by atoms with Crippen molar-refractivity contribution in [2.75, 3.05) is 18.0 Å². The second-order valence-corrected chi connectivity index (χ2v) is 11.0. The third kappa shape index (κ3) is 6.05. The molecule has 8 nitrogen and oxygen atoms in total. The van der Waals surface area contributed by atoms with Crippen LogP contribution in [0.2, 0.25) is 5.02 Å². The highest BCUT2D eigenvalue weighted by Crippen LogP contribution is 2.34. The first-order valence-corrected chi connectivity index (χ1v) is 13.6. The number of carbonyl (C=O) groups is 2. The lowest BCUT2D eigenvalue weighted by Gasteiger charge is -2.34. The van der Waals surface area contributed by atoms with E-state index in [1.54, 1.807) is 24.3 Å². The summed E-state index contributed by atoms with van der Waals surface area (Å²) < 4.78 is 42.5. The number of halogens is 2. The van der Waals surface area contributed by atoms with Crippen molar-refractivity contribution in [3.63, 3.8) is 0 Å². The van der Waals surface area contributed by atoms with Gasteiger partial charge in [-0.15, -0.1) is 0 Å². The maximum Gasteiger partial charge on any atom is 0.301 e. The number of benzene rings is 2. The van der Waals surface area contributed by atoms with Crippen LogP contribution in [0, 0.1) is 5.82 Å². The molecule has 36 heavy (non-hydrogen) atoms. The van der Waals surface area contributed by atoms with Gasteiger partial charge in [0.25, 0.3) is 5.91 Å². The molecule has 1 heterocycles. The van der Waals surface area contributed by atoms with Crippen LogP contribution in [0.1, 0.15) is 43.7 Å². The summed E-state index contributed by atoms with van der Waals surface area (Å²) in [5, 5.41) is 3.25. The quantitative estimate of drug-likeness (QED) is 0.379. The van der Waals surface area contributed by atoms with Crippen LogP contribution in [0.5, 0.6) is 0 Å². The molecule has 11 heteroatoms. The van der Waals surface area contributed by atoms with Crippen molar-refractivity contribution in [1.29, 1.82) is 0 Å². The summed E-state index contributed by atoms with van der Waals surface area (Å²) in [6.45, 7) is 4.29. The summed E-state index contributed by atoms with van der Waals surface area (Å²) in [4.78, 5) is 28.5. The molecule has 1 atom stereocenters. The van der Waals surface area contributed by atoms with Gasteiger partial charge in [0.15, 0.2) is 0 Å². The van der Waals surface area contributed by atoms with Crippen LogP contribution in [0.15, 0.2) is 60.8 Å². The first-order valence-electron chi connectivity index (χ1n) is 11.8. The third-order valence-corrected chi connectivity index (χ3v) is 8.11. The molecule has 0 unspecified atom stereocenters. The van der Waals surface area contributed by atoms with Crippen molar-refractivity contribution in [1.82, 2.24) is 14.3 Å². The number of hydrogen-bond donors (Lipinski definition) is 2. The van der Waals surface area contributed by atoms with E-state index in [-0.39, 0.29) is 16.8 Å². The number of nitrogens with zero attached hydrogens (tertiary/aromatic N) is 2. The summed E-state index contributed by atoms with van der Waals surface area (Å²) in [6.07, 6.45) is 4.65. The maximum atomic E-state index is 14.3. The highest BCUT2D eigenvalue weighted by atomic mass is 35.5. The summed E-state index contributed by atoms with van der Waals surface area (Å²) in [6, 6.07) is 10.3. The number of anilines is 1. The standard InChI is InChI=1S/C25H28ClFN4O4S/c1-17(29-36(34,35)30-14-15-30)25(33)31(20-11-7-8-18(27)16-20)23(21-12-5-6-13-22(21)26)24(32)28-19-9-3-2-4-10-19/h5-8,11-13,16,19,23,29H,1-4,9-10,14-15H2,(H,28,32)/t23-/m1/s1. The van der Waals surface area contributed by atoms with Gasteiger partial charge in [-0.1, -0.05) is 61.7 Å². The number of carbonyl (C=O) groups excluding carboxylic acids is 2. The first kappa shape index (κ1) is 26.1. The van der Waals surface area contributed by atoms with Gasteiger partial charge in [-0.3, -0.25) is 19.2 Å². The zero-order chi connectivity index (χ0) is 25.9.